The molecule has 0 spiro atoms. The number of aryl methyl sites for hydroxylation is 3. The second-order valence-corrected chi connectivity index (χ2v) is 6.46. The van der Waals surface area contributed by atoms with E-state index in [1.807, 2.05) is 20.0 Å². The molecule has 21 heavy (non-hydrogen) atoms. The highest BCUT2D eigenvalue weighted by molar-refractivity contribution is 6.30. The number of aromatic nitrogens is 2. The van der Waals surface area contributed by atoms with Gasteiger partial charge in [-0.15, -0.1) is 23.2 Å². The molecule has 0 bridgehead atoms. The standard InChI is InChI=1S/C16H19Cl3N2/c1-11-5-4-6-13(7-11)16(9-17,10-18)8-14-12(2)20-21(3)15(14)19/h4-7H,8-10H2,1-3H3. The molecule has 0 unspecified atom stereocenters. The topological polar surface area (TPSA) is 17.8 Å². The first-order valence-corrected chi connectivity index (χ1v) is 8.25. The maximum Gasteiger partial charge on any atom is 0.130 e. The van der Waals surface area contributed by atoms with Crippen molar-refractivity contribution in [2.75, 3.05) is 11.8 Å². The summed E-state index contributed by atoms with van der Waals surface area (Å²) in [6, 6.07) is 8.33. The third-order valence-electron chi connectivity index (χ3n) is 3.93. The van der Waals surface area contributed by atoms with Gasteiger partial charge < -0.3 is 0 Å². The van der Waals surface area contributed by atoms with Crippen molar-refractivity contribution in [2.45, 2.75) is 25.7 Å². The maximum atomic E-state index is 6.37. The van der Waals surface area contributed by atoms with Crippen LogP contribution in [0.4, 0.5) is 0 Å². The van der Waals surface area contributed by atoms with Crippen LogP contribution in [0.3, 0.4) is 0 Å². The van der Waals surface area contributed by atoms with Crippen LogP contribution in [0.1, 0.15) is 22.4 Å². The molecule has 2 nitrogen and oxygen atoms in total. The molecule has 1 aromatic carbocycles. The Kier molecular flexibility index (Phi) is 5.24. The lowest BCUT2D eigenvalue weighted by atomic mass is 9.78. The van der Waals surface area contributed by atoms with Crippen LogP contribution in [0.5, 0.6) is 0 Å². The van der Waals surface area contributed by atoms with E-state index in [0.29, 0.717) is 23.3 Å². The molecule has 0 aliphatic rings. The van der Waals surface area contributed by atoms with Gasteiger partial charge in [-0.3, -0.25) is 4.68 Å². The van der Waals surface area contributed by atoms with Gasteiger partial charge in [-0.25, -0.2) is 0 Å². The summed E-state index contributed by atoms with van der Waals surface area (Å²) in [5, 5.41) is 5.03. The number of hydrogen-bond donors (Lipinski definition) is 0. The van der Waals surface area contributed by atoms with Crippen molar-refractivity contribution in [3.8, 4) is 0 Å². The molecule has 0 radical (unpaired) electrons. The molecule has 1 aromatic heterocycles. The van der Waals surface area contributed by atoms with E-state index in [-0.39, 0.29) is 5.41 Å². The SMILES string of the molecule is Cc1cccc(C(CCl)(CCl)Cc2c(C)nn(C)c2Cl)c1. The second kappa shape index (κ2) is 6.60. The number of rotatable bonds is 5. The van der Waals surface area contributed by atoms with E-state index in [9.17, 15) is 0 Å². The van der Waals surface area contributed by atoms with Crippen molar-refractivity contribution < 1.29 is 0 Å². The monoisotopic (exact) mass is 344 g/mol. The van der Waals surface area contributed by atoms with Gasteiger partial charge in [0.25, 0.3) is 0 Å². The first kappa shape index (κ1) is 16.7. The molecular weight excluding hydrogens is 327 g/mol. The summed E-state index contributed by atoms with van der Waals surface area (Å²) in [6.07, 6.45) is 0.682. The Bertz CT molecular complexity index is 630. The van der Waals surface area contributed by atoms with Gasteiger partial charge in [-0.2, -0.15) is 5.10 Å². The largest absolute Gasteiger partial charge is 0.257 e. The Balaban J connectivity index is 2.48. The fraction of sp³-hybridized carbons (Fsp3) is 0.438. The molecule has 0 aliphatic carbocycles. The van der Waals surface area contributed by atoms with Gasteiger partial charge in [-0.05, 0) is 25.8 Å². The van der Waals surface area contributed by atoms with Crippen LogP contribution in [-0.4, -0.2) is 21.5 Å². The van der Waals surface area contributed by atoms with Crippen LogP contribution in [0.15, 0.2) is 24.3 Å². The molecule has 0 saturated heterocycles. The van der Waals surface area contributed by atoms with E-state index in [1.54, 1.807) is 4.68 Å². The molecule has 0 atom stereocenters. The van der Waals surface area contributed by atoms with E-state index >= 15 is 0 Å². The highest BCUT2D eigenvalue weighted by Crippen LogP contribution is 2.35. The zero-order valence-electron chi connectivity index (χ0n) is 12.5. The molecule has 0 amide bonds. The molecule has 0 saturated carbocycles. The predicted octanol–water partition coefficient (Wildman–Crippen LogP) is 4.65. The smallest absolute Gasteiger partial charge is 0.130 e. The number of benzene rings is 1. The van der Waals surface area contributed by atoms with Crippen molar-refractivity contribution in [1.29, 1.82) is 0 Å². The number of halogens is 3. The van der Waals surface area contributed by atoms with Crippen molar-refractivity contribution >= 4 is 34.8 Å². The van der Waals surface area contributed by atoms with Gasteiger partial charge in [-0.1, -0.05) is 41.4 Å². The summed E-state index contributed by atoms with van der Waals surface area (Å²) in [7, 11) is 1.84. The van der Waals surface area contributed by atoms with Crippen molar-refractivity contribution in [3.63, 3.8) is 0 Å². The summed E-state index contributed by atoms with van der Waals surface area (Å²) in [4.78, 5) is 0. The fourth-order valence-electron chi connectivity index (χ4n) is 2.57. The molecule has 1 heterocycles. The summed E-state index contributed by atoms with van der Waals surface area (Å²) in [6.45, 7) is 4.03. The lowest BCUT2D eigenvalue weighted by Gasteiger charge is -2.30. The predicted molar refractivity (Wildman–Crippen MR) is 91.0 cm³/mol. The van der Waals surface area contributed by atoms with Crippen LogP contribution < -0.4 is 0 Å². The molecule has 0 N–H and O–H groups in total. The van der Waals surface area contributed by atoms with Crippen LogP contribution in [0.25, 0.3) is 0 Å². The van der Waals surface area contributed by atoms with Gasteiger partial charge in [0.15, 0.2) is 0 Å². The van der Waals surface area contributed by atoms with Gasteiger partial charge >= 0.3 is 0 Å². The quantitative estimate of drug-likeness (QED) is 0.721. The highest BCUT2D eigenvalue weighted by atomic mass is 35.5. The zero-order chi connectivity index (χ0) is 15.6. The first-order valence-electron chi connectivity index (χ1n) is 6.80. The summed E-state index contributed by atoms with van der Waals surface area (Å²) >= 11 is 19.0. The van der Waals surface area contributed by atoms with Crippen molar-refractivity contribution in [1.82, 2.24) is 9.78 Å². The van der Waals surface area contributed by atoms with Gasteiger partial charge in [0.05, 0.1) is 5.69 Å². The minimum absolute atomic E-state index is 0.341. The molecule has 2 rings (SSSR count). The summed E-state index contributed by atoms with van der Waals surface area (Å²) in [5.41, 5.74) is 3.94. The van der Waals surface area contributed by atoms with E-state index in [4.69, 9.17) is 34.8 Å². The molecule has 114 valence electrons. The Hall–Kier alpha value is -0.700. The number of alkyl halides is 2. The van der Waals surface area contributed by atoms with Gasteiger partial charge in [0, 0.05) is 29.8 Å². The van der Waals surface area contributed by atoms with E-state index in [0.717, 1.165) is 16.8 Å². The highest BCUT2D eigenvalue weighted by Gasteiger charge is 2.33. The summed E-state index contributed by atoms with van der Waals surface area (Å²) in [5.74, 6) is 0.870. The van der Waals surface area contributed by atoms with Gasteiger partial charge in [0.1, 0.15) is 5.15 Å². The van der Waals surface area contributed by atoms with Crippen LogP contribution in [0.2, 0.25) is 5.15 Å². The fourth-order valence-corrected chi connectivity index (χ4v) is 3.60. The third-order valence-corrected chi connectivity index (χ3v) is 5.42. The van der Waals surface area contributed by atoms with Gasteiger partial charge in [0.2, 0.25) is 0 Å². The van der Waals surface area contributed by atoms with E-state index < -0.39 is 0 Å². The lowest BCUT2D eigenvalue weighted by molar-refractivity contribution is 0.534. The summed E-state index contributed by atoms with van der Waals surface area (Å²) < 4.78 is 1.69. The number of hydrogen-bond acceptors (Lipinski definition) is 1. The Morgan fingerprint density at radius 1 is 1.19 bits per heavy atom. The first-order chi connectivity index (χ1) is 9.93. The Labute approximate surface area is 141 Å². The second-order valence-electron chi connectivity index (χ2n) is 5.57. The lowest BCUT2D eigenvalue weighted by Crippen LogP contribution is -2.33. The van der Waals surface area contributed by atoms with Crippen molar-refractivity contribution in [2.24, 2.45) is 7.05 Å². The zero-order valence-corrected chi connectivity index (χ0v) is 14.7. The Morgan fingerprint density at radius 2 is 1.86 bits per heavy atom. The normalized spacial score (nSPS) is 11.9. The average molecular weight is 346 g/mol. The molecule has 0 fully saturated rings. The number of nitrogens with zero attached hydrogens (tertiary/aromatic N) is 2. The maximum absolute atomic E-state index is 6.37. The molecule has 5 heteroatoms. The average Bonchev–Trinajstić information content (AvgIpc) is 2.70. The Morgan fingerprint density at radius 3 is 2.33 bits per heavy atom. The molecular formula is C16H19Cl3N2. The van der Waals surface area contributed by atoms with E-state index in [1.165, 1.54) is 5.56 Å². The molecule has 0 aliphatic heterocycles. The van der Waals surface area contributed by atoms with Crippen LogP contribution in [-0.2, 0) is 18.9 Å². The minimum Gasteiger partial charge on any atom is -0.257 e. The van der Waals surface area contributed by atoms with Crippen LogP contribution >= 0.6 is 34.8 Å². The minimum atomic E-state index is -0.341. The van der Waals surface area contributed by atoms with Crippen LogP contribution in [0, 0.1) is 13.8 Å². The molecule has 2 aromatic rings. The van der Waals surface area contributed by atoms with E-state index in [2.05, 4.69) is 30.2 Å². The third kappa shape index (κ3) is 3.23. The van der Waals surface area contributed by atoms with Crippen molar-refractivity contribution in [3.05, 3.63) is 51.8 Å².